The zero-order valence-electron chi connectivity index (χ0n) is 25.3. The van der Waals surface area contributed by atoms with Crippen molar-refractivity contribution < 1.29 is 32.2 Å². The molecule has 1 spiro atoms. The third-order valence-corrected chi connectivity index (χ3v) is 12.4. The van der Waals surface area contributed by atoms with Gasteiger partial charge in [-0.3, -0.25) is 4.79 Å². The molecule has 1 aliphatic carbocycles. The van der Waals surface area contributed by atoms with Crippen LogP contribution in [0, 0.1) is 17.8 Å². The van der Waals surface area contributed by atoms with Crippen molar-refractivity contribution in [1.82, 2.24) is 4.72 Å². The van der Waals surface area contributed by atoms with E-state index in [4.69, 9.17) is 25.8 Å². The number of rotatable bonds is 0. The zero-order valence-corrected chi connectivity index (χ0v) is 26.9. The van der Waals surface area contributed by atoms with Crippen molar-refractivity contribution in [2.45, 2.75) is 82.7 Å². The Bertz CT molecular complexity index is 1530. The number of sulfonamides is 1. The molecule has 2 aromatic rings. The number of benzene rings is 2. The first-order chi connectivity index (χ1) is 21.0. The average Bonchev–Trinajstić information content (AvgIpc) is 3.33. The molecule has 2 bridgehead atoms. The van der Waals surface area contributed by atoms with Crippen molar-refractivity contribution in [3.05, 3.63) is 58.1 Å². The minimum atomic E-state index is -3.95. The summed E-state index contributed by atoms with van der Waals surface area (Å²) in [6.07, 6.45) is 5.90. The van der Waals surface area contributed by atoms with Crippen LogP contribution in [0.1, 0.15) is 80.3 Å². The molecule has 238 valence electrons. The molecule has 0 radical (unpaired) electrons. The van der Waals surface area contributed by atoms with Crippen LogP contribution in [0.4, 0.5) is 10.5 Å². The highest BCUT2D eigenvalue weighted by Crippen LogP contribution is 2.49. The van der Waals surface area contributed by atoms with E-state index in [2.05, 4.69) is 9.62 Å². The minimum absolute atomic E-state index is 0.124. The molecule has 2 aromatic carbocycles. The van der Waals surface area contributed by atoms with E-state index in [1.807, 2.05) is 25.1 Å². The molecule has 1 N–H and O–H groups in total. The van der Waals surface area contributed by atoms with E-state index in [0.29, 0.717) is 43.2 Å². The van der Waals surface area contributed by atoms with Gasteiger partial charge in [-0.15, -0.1) is 0 Å². The van der Waals surface area contributed by atoms with Crippen molar-refractivity contribution in [2.75, 3.05) is 24.6 Å². The number of carbonyl (C=O) groups excluding carboxylic acids is 2. The number of nitrogens with zero attached hydrogens (tertiary/aromatic N) is 1. The molecule has 0 aromatic heterocycles. The number of amides is 1. The van der Waals surface area contributed by atoms with Crippen molar-refractivity contribution in [3.63, 3.8) is 0 Å². The number of fused-ring (bicyclic) bond motifs is 4. The summed E-state index contributed by atoms with van der Waals surface area (Å²) in [6.45, 7) is 5.48. The molecule has 44 heavy (non-hydrogen) atoms. The van der Waals surface area contributed by atoms with Crippen molar-refractivity contribution >= 4 is 39.4 Å². The lowest BCUT2D eigenvalue weighted by atomic mass is 9.63. The van der Waals surface area contributed by atoms with Gasteiger partial charge in [0.1, 0.15) is 19.0 Å². The van der Waals surface area contributed by atoms with E-state index in [0.717, 1.165) is 55.5 Å². The van der Waals surface area contributed by atoms with Gasteiger partial charge in [-0.25, -0.2) is 17.9 Å². The SMILES string of the molecule is C[C@@H]1[C@@H](C)CCC[C@]2(COC(=O)O2)[C@@H]2CC[C@H]2CN2CCCCc3cc(Cl)ccc3COc3ccc(cc32)C(=O)NS1(=O)=O. The summed E-state index contributed by atoms with van der Waals surface area (Å²) in [5.41, 5.74) is 2.51. The molecular formula is C33H41ClN2O7S. The standard InChI is InChI=1S/C33H41ClN2O7S/c1-21-6-5-14-33(20-42-32(38)43-33)28-12-9-25(28)18-36-15-4-3-7-23-16-27(34)11-8-26(23)19-41-30-13-10-24(17-29(30)36)31(37)35-44(39,40)22(21)2/h8,10-11,13,16-17,21-22,25,28H,3-7,9,12,14-15,18-20H2,1-2H3,(H,35,37)/t21-,22+,25-,28+,33-/m0/s1. The molecule has 2 fully saturated rings. The lowest BCUT2D eigenvalue weighted by Crippen LogP contribution is -2.52. The van der Waals surface area contributed by atoms with Gasteiger partial charge in [0.25, 0.3) is 5.91 Å². The van der Waals surface area contributed by atoms with Gasteiger partial charge in [-0.05, 0) is 112 Å². The van der Waals surface area contributed by atoms with Crippen LogP contribution in [-0.4, -0.2) is 51.0 Å². The predicted molar refractivity (Wildman–Crippen MR) is 168 cm³/mol. The summed E-state index contributed by atoms with van der Waals surface area (Å²) >= 11 is 6.32. The van der Waals surface area contributed by atoms with Crippen LogP contribution in [-0.2, 0) is 32.5 Å². The van der Waals surface area contributed by atoms with Gasteiger partial charge in [0.2, 0.25) is 10.0 Å². The highest BCUT2D eigenvalue weighted by molar-refractivity contribution is 7.90. The lowest BCUT2D eigenvalue weighted by Gasteiger charge is -2.48. The molecule has 3 aliphatic heterocycles. The van der Waals surface area contributed by atoms with Gasteiger partial charge < -0.3 is 19.1 Å². The normalized spacial score (nSPS) is 30.8. The van der Waals surface area contributed by atoms with Crippen LogP contribution in [0.2, 0.25) is 5.02 Å². The largest absolute Gasteiger partial charge is 0.509 e. The fourth-order valence-electron chi connectivity index (χ4n) is 7.28. The van der Waals surface area contributed by atoms with Gasteiger partial charge in [-0.2, -0.15) is 0 Å². The fourth-order valence-corrected chi connectivity index (χ4v) is 8.79. The number of ether oxygens (including phenoxy) is 3. The molecule has 1 saturated carbocycles. The van der Waals surface area contributed by atoms with E-state index >= 15 is 0 Å². The van der Waals surface area contributed by atoms with E-state index < -0.39 is 32.9 Å². The summed E-state index contributed by atoms with van der Waals surface area (Å²) in [4.78, 5) is 27.9. The number of halogens is 1. The molecule has 4 aliphatic rings. The van der Waals surface area contributed by atoms with Crippen LogP contribution >= 0.6 is 11.6 Å². The molecule has 11 heteroatoms. The van der Waals surface area contributed by atoms with Crippen LogP contribution in [0.25, 0.3) is 0 Å². The summed E-state index contributed by atoms with van der Waals surface area (Å²) in [6, 6.07) is 11.0. The highest BCUT2D eigenvalue weighted by Gasteiger charge is 2.54. The third-order valence-electron chi connectivity index (χ3n) is 10.3. The second-order valence-electron chi connectivity index (χ2n) is 13.0. The Morgan fingerprint density at radius 1 is 0.977 bits per heavy atom. The monoisotopic (exact) mass is 644 g/mol. The highest BCUT2D eigenvalue weighted by atomic mass is 35.5. The van der Waals surface area contributed by atoms with E-state index in [1.165, 1.54) is 0 Å². The van der Waals surface area contributed by atoms with Gasteiger partial charge in [-0.1, -0.05) is 24.6 Å². The summed E-state index contributed by atoms with van der Waals surface area (Å²) in [5, 5.41) is -0.0941. The van der Waals surface area contributed by atoms with Crippen molar-refractivity contribution in [1.29, 1.82) is 0 Å². The first-order valence-corrected chi connectivity index (χ1v) is 17.7. The minimum Gasteiger partial charge on any atom is -0.487 e. The van der Waals surface area contributed by atoms with Crippen LogP contribution in [0.3, 0.4) is 0 Å². The second-order valence-corrected chi connectivity index (χ2v) is 15.5. The number of anilines is 1. The predicted octanol–water partition coefficient (Wildman–Crippen LogP) is 6.26. The Morgan fingerprint density at radius 2 is 1.82 bits per heavy atom. The van der Waals surface area contributed by atoms with E-state index in [-0.39, 0.29) is 29.9 Å². The Balaban J connectivity index is 1.40. The second kappa shape index (κ2) is 12.4. The topological polar surface area (TPSA) is 111 Å². The number of hydrogen-bond acceptors (Lipinski definition) is 8. The zero-order chi connectivity index (χ0) is 31.1. The summed E-state index contributed by atoms with van der Waals surface area (Å²) < 4.78 is 46.7. The summed E-state index contributed by atoms with van der Waals surface area (Å²) in [5.74, 6) is 0.133. The van der Waals surface area contributed by atoms with Crippen molar-refractivity contribution in [2.24, 2.45) is 17.8 Å². The van der Waals surface area contributed by atoms with Crippen LogP contribution in [0.5, 0.6) is 5.75 Å². The van der Waals surface area contributed by atoms with E-state index in [1.54, 1.807) is 25.1 Å². The maximum atomic E-state index is 13.4. The van der Waals surface area contributed by atoms with E-state index in [9.17, 15) is 18.0 Å². The number of hydrogen-bond donors (Lipinski definition) is 1. The Kier molecular flexibility index (Phi) is 8.76. The number of nitrogens with one attached hydrogen (secondary N) is 1. The Morgan fingerprint density at radius 3 is 2.57 bits per heavy atom. The Hall–Kier alpha value is -2.98. The van der Waals surface area contributed by atoms with Gasteiger partial charge in [0.15, 0.2) is 5.60 Å². The van der Waals surface area contributed by atoms with Gasteiger partial charge >= 0.3 is 6.16 Å². The lowest BCUT2D eigenvalue weighted by molar-refractivity contribution is -0.0663. The first-order valence-electron chi connectivity index (χ1n) is 15.8. The van der Waals surface area contributed by atoms with Crippen molar-refractivity contribution in [3.8, 4) is 5.75 Å². The molecule has 3 heterocycles. The molecule has 1 amide bonds. The molecule has 6 rings (SSSR count). The maximum Gasteiger partial charge on any atom is 0.509 e. The number of carbonyl (C=O) groups is 2. The fraction of sp³-hybridized carbons (Fsp3) is 0.576. The molecule has 0 unspecified atom stereocenters. The molecular weight excluding hydrogens is 604 g/mol. The maximum absolute atomic E-state index is 13.4. The molecule has 1 saturated heterocycles. The third kappa shape index (κ3) is 6.25. The Labute approximate surface area is 264 Å². The first kappa shape index (κ1) is 31.0. The summed E-state index contributed by atoms with van der Waals surface area (Å²) in [7, 11) is -3.95. The van der Waals surface area contributed by atoms with Crippen LogP contribution in [0.15, 0.2) is 36.4 Å². The van der Waals surface area contributed by atoms with Gasteiger partial charge in [0.05, 0.1) is 10.9 Å². The number of cyclic esters (lactones) is 1. The average molecular weight is 645 g/mol. The number of aryl methyl sites for hydroxylation is 1. The van der Waals surface area contributed by atoms with Gasteiger partial charge in [0, 0.05) is 29.6 Å². The van der Waals surface area contributed by atoms with Crippen LogP contribution < -0.4 is 14.4 Å². The quantitative estimate of drug-likeness (QED) is 0.335. The molecule has 5 atom stereocenters. The molecule has 9 nitrogen and oxygen atoms in total. The smallest absolute Gasteiger partial charge is 0.487 e.